The molecule has 2 rings (SSSR count). The van der Waals surface area contributed by atoms with Crippen molar-refractivity contribution in [1.29, 1.82) is 0 Å². The van der Waals surface area contributed by atoms with Crippen molar-refractivity contribution < 1.29 is 10.2 Å². The molecule has 4 nitrogen and oxygen atoms in total. The van der Waals surface area contributed by atoms with Gasteiger partial charge in [0.05, 0.1) is 6.20 Å². The normalized spacial score (nSPS) is 9.35. The van der Waals surface area contributed by atoms with Gasteiger partial charge in [-0.1, -0.05) is 11.6 Å². The number of nitrogens with zero attached hydrogens (tertiary/aromatic N) is 2. The van der Waals surface area contributed by atoms with Crippen LogP contribution in [0.4, 0.5) is 0 Å². The second kappa shape index (κ2) is 6.78. The van der Waals surface area contributed by atoms with Crippen LogP contribution in [0.2, 0.25) is 5.15 Å². The summed E-state index contributed by atoms with van der Waals surface area (Å²) in [5.41, 5.74) is 0. The summed E-state index contributed by atoms with van der Waals surface area (Å²) >= 11 is 11.7. The summed E-state index contributed by atoms with van der Waals surface area (Å²) in [7, 11) is 0. The third kappa shape index (κ3) is 5.34. The molecule has 2 N–H and O–H groups in total. The fourth-order valence-corrected chi connectivity index (χ4v) is 1.59. The van der Waals surface area contributed by atoms with Crippen LogP contribution in [0.25, 0.3) is 0 Å². The summed E-state index contributed by atoms with van der Waals surface area (Å²) in [4.78, 5) is 7.33. The van der Waals surface area contributed by atoms with Crippen LogP contribution < -0.4 is 0 Å². The molecule has 0 aliphatic carbocycles. The lowest BCUT2D eigenvalue weighted by Gasteiger charge is -1.93. The number of hydrogen-bond acceptors (Lipinski definition) is 4. The van der Waals surface area contributed by atoms with Crippen LogP contribution in [-0.4, -0.2) is 20.2 Å². The number of aromatic hydroxyl groups is 2. The average molecular weight is 382 g/mol. The molecule has 0 aliphatic heterocycles. The molecule has 0 atom stereocenters. The van der Waals surface area contributed by atoms with Gasteiger partial charge in [0.25, 0.3) is 0 Å². The van der Waals surface area contributed by atoms with Crippen LogP contribution >= 0.6 is 43.5 Å². The summed E-state index contributed by atoms with van der Waals surface area (Å²) in [6.45, 7) is 0. The minimum absolute atomic E-state index is 0.00829. The minimum Gasteiger partial charge on any atom is -0.506 e. The van der Waals surface area contributed by atoms with Crippen molar-refractivity contribution >= 4 is 43.5 Å². The van der Waals surface area contributed by atoms with E-state index in [1.807, 2.05) is 0 Å². The van der Waals surface area contributed by atoms with Gasteiger partial charge in [-0.25, -0.2) is 4.98 Å². The van der Waals surface area contributed by atoms with E-state index in [-0.39, 0.29) is 16.7 Å². The topological polar surface area (TPSA) is 66.2 Å². The maximum Gasteiger partial charge on any atom is 0.170 e. The minimum atomic E-state index is -0.00829. The van der Waals surface area contributed by atoms with Gasteiger partial charge in [0.1, 0.15) is 5.75 Å². The SMILES string of the molecule is Oc1cc(Br)cnc1Cl.Oc1cncc(Br)c1. The summed E-state index contributed by atoms with van der Waals surface area (Å²) in [5, 5.41) is 17.7. The van der Waals surface area contributed by atoms with Crippen molar-refractivity contribution in [3.8, 4) is 11.5 Å². The molecule has 0 aliphatic rings. The third-order valence-electron chi connectivity index (χ3n) is 1.48. The first-order valence-corrected chi connectivity index (χ1v) is 6.25. The molecule has 2 aromatic rings. The fraction of sp³-hybridized carbons (Fsp3) is 0. The summed E-state index contributed by atoms with van der Waals surface area (Å²) in [6, 6.07) is 3.06. The monoisotopic (exact) mass is 380 g/mol. The number of rotatable bonds is 0. The Morgan fingerprint density at radius 1 is 1.00 bits per heavy atom. The fourth-order valence-electron chi connectivity index (χ4n) is 0.813. The van der Waals surface area contributed by atoms with Gasteiger partial charge in [0.15, 0.2) is 10.9 Å². The largest absolute Gasteiger partial charge is 0.506 e. The van der Waals surface area contributed by atoms with Crippen molar-refractivity contribution in [1.82, 2.24) is 9.97 Å². The zero-order valence-corrected chi connectivity index (χ0v) is 12.2. The van der Waals surface area contributed by atoms with Gasteiger partial charge in [-0.2, -0.15) is 0 Å². The maximum atomic E-state index is 8.88. The third-order valence-corrected chi connectivity index (χ3v) is 2.64. The first kappa shape index (κ1) is 14.2. The Hall–Kier alpha value is -0.850. The number of hydrogen-bond donors (Lipinski definition) is 2. The first-order valence-electron chi connectivity index (χ1n) is 4.28. The molecular formula is C10H7Br2ClN2O2. The molecule has 2 heterocycles. The van der Waals surface area contributed by atoms with E-state index >= 15 is 0 Å². The van der Waals surface area contributed by atoms with Crippen molar-refractivity contribution in [3.63, 3.8) is 0 Å². The van der Waals surface area contributed by atoms with E-state index in [0.29, 0.717) is 4.47 Å². The van der Waals surface area contributed by atoms with Gasteiger partial charge in [-0.05, 0) is 44.0 Å². The highest BCUT2D eigenvalue weighted by molar-refractivity contribution is 9.10. The predicted octanol–water partition coefficient (Wildman–Crippen LogP) is 3.75. The Bertz CT molecular complexity index is 494. The number of pyridine rings is 2. The lowest BCUT2D eigenvalue weighted by atomic mass is 10.5. The highest BCUT2D eigenvalue weighted by Gasteiger charge is 1.97. The van der Waals surface area contributed by atoms with E-state index in [1.54, 1.807) is 12.3 Å². The van der Waals surface area contributed by atoms with E-state index in [0.717, 1.165) is 4.47 Å². The average Bonchev–Trinajstić information content (AvgIpc) is 2.24. The molecule has 0 radical (unpaired) electrons. The van der Waals surface area contributed by atoms with Crippen LogP contribution in [0.5, 0.6) is 11.5 Å². The standard InChI is InChI=1S/C5H3BrClNO.C5H4BrNO/c6-3-1-4(9)5(7)8-2-3;6-4-1-5(8)3-7-2-4/h1-2,9H;1-3,8H. The van der Waals surface area contributed by atoms with E-state index < -0.39 is 0 Å². The Morgan fingerprint density at radius 2 is 1.65 bits per heavy atom. The molecule has 0 saturated heterocycles. The van der Waals surface area contributed by atoms with Crippen LogP contribution in [0.3, 0.4) is 0 Å². The van der Waals surface area contributed by atoms with Gasteiger partial charge < -0.3 is 10.2 Å². The molecule has 0 unspecified atom stereocenters. The lowest BCUT2D eigenvalue weighted by Crippen LogP contribution is -1.74. The van der Waals surface area contributed by atoms with Gasteiger partial charge in [0, 0.05) is 21.3 Å². The molecule has 0 spiro atoms. The molecule has 2 aromatic heterocycles. The van der Waals surface area contributed by atoms with E-state index in [2.05, 4.69) is 41.8 Å². The molecule has 7 heteroatoms. The molecular weight excluding hydrogens is 375 g/mol. The summed E-state index contributed by atoms with van der Waals surface area (Å²) in [5.74, 6) is 0.172. The van der Waals surface area contributed by atoms with Crippen molar-refractivity contribution in [3.05, 3.63) is 44.8 Å². The van der Waals surface area contributed by atoms with Gasteiger partial charge in [0.2, 0.25) is 0 Å². The highest BCUT2D eigenvalue weighted by Crippen LogP contribution is 2.22. The van der Waals surface area contributed by atoms with Crippen molar-refractivity contribution in [2.24, 2.45) is 0 Å². The van der Waals surface area contributed by atoms with E-state index in [4.69, 9.17) is 21.8 Å². The van der Waals surface area contributed by atoms with E-state index in [9.17, 15) is 0 Å². The highest BCUT2D eigenvalue weighted by atomic mass is 79.9. The smallest absolute Gasteiger partial charge is 0.170 e. The second-order valence-corrected chi connectivity index (χ2v) is 5.01. The number of halogens is 3. The van der Waals surface area contributed by atoms with E-state index in [1.165, 1.54) is 18.5 Å². The Morgan fingerprint density at radius 3 is 2.06 bits per heavy atom. The van der Waals surface area contributed by atoms with Crippen LogP contribution in [0.15, 0.2) is 39.7 Å². The molecule has 0 bridgehead atoms. The Balaban J connectivity index is 0.000000171. The zero-order valence-electron chi connectivity index (χ0n) is 8.31. The quantitative estimate of drug-likeness (QED) is 0.681. The molecule has 0 amide bonds. The maximum absolute atomic E-state index is 8.88. The first-order chi connectivity index (χ1) is 7.99. The second-order valence-electron chi connectivity index (χ2n) is 2.82. The van der Waals surface area contributed by atoms with Gasteiger partial charge >= 0.3 is 0 Å². The van der Waals surface area contributed by atoms with Crippen LogP contribution in [-0.2, 0) is 0 Å². The molecule has 0 fully saturated rings. The summed E-state index contributed by atoms with van der Waals surface area (Å²) < 4.78 is 1.50. The van der Waals surface area contributed by atoms with Crippen molar-refractivity contribution in [2.75, 3.05) is 0 Å². The van der Waals surface area contributed by atoms with Gasteiger partial charge in [-0.15, -0.1) is 0 Å². The molecule has 17 heavy (non-hydrogen) atoms. The molecule has 90 valence electrons. The predicted molar refractivity (Wildman–Crippen MR) is 72.2 cm³/mol. The zero-order chi connectivity index (χ0) is 12.8. The Kier molecular flexibility index (Phi) is 5.67. The molecule has 0 aromatic carbocycles. The lowest BCUT2D eigenvalue weighted by molar-refractivity contribution is 0.472. The van der Waals surface area contributed by atoms with Crippen molar-refractivity contribution in [2.45, 2.75) is 0 Å². The van der Waals surface area contributed by atoms with Crippen LogP contribution in [0.1, 0.15) is 0 Å². The Labute approximate surface area is 120 Å². The molecule has 0 saturated carbocycles. The van der Waals surface area contributed by atoms with Gasteiger partial charge in [-0.3, -0.25) is 4.98 Å². The van der Waals surface area contributed by atoms with Crippen LogP contribution in [0, 0.1) is 0 Å². The number of aromatic nitrogens is 2. The summed E-state index contributed by atoms with van der Waals surface area (Å²) in [6.07, 6.45) is 4.51.